The summed E-state index contributed by atoms with van der Waals surface area (Å²) in [6.07, 6.45) is 0.688. The number of nitrogens with two attached hydrogens (primary N) is 1. The van der Waals surface area contributed by atoms with E-state index in [4.69, 9.17) is 10.5 Å². The first kappa shape index (κ1) is 14.6. The van der Waals surface area contributed by atoms with Crippen molar-refractivity contribution in [3.05, 3.63) is 0 Å². The zero-order chi connectivity index (χ0) is 12.8. The van der Waals surface area contributed by atoms with E-state index in [0.29, 0.717) is 39.3 Å². The van der Waals surface area contributed by atoms with Gasteiger partial charge in [0.1, 0.15) is 5.25 Å². The van der Waals surface area contributed by atoms with Gasteiger partial charge < -0.3 is 15.4 Å². The Labute approximate surface area is 105 Å². The van der Waals surface area contributed by atoms with Gasteiger partial charge in [-0.15, -0.1) is 0 Å². The molecule has 1 aliphatic heterocycles. The number of carbonyl (C=O) groups excluding carboxylic acids is 1. The lowest BCUT2D eigenvalue weighted by atomic mass is 10.3. The van der Waals surface area contributed by atoms with Gasteiger partial charge in [-0.2, -0.15) is 0 Å². The van der Waals surface area contributed by atoms with E-state index in [1.54, 1.807) is 11.8 Å². The minimum atomic E-state index is -1.15. The average molecular weight is 262 g/mol. The van der Waals surface area contributed by atoms with Crippen LogP contribution in [-0.2, 0) is 20.3 Å². The molecule has 17 heavy (non-hydrogen) atoms. The van der Waals surface area contributed by atoms with E-state index >= 15 is 0 Å². The molecule has 0 aromatic rings. The van der Waals surface area contributed by atoms with Crippen LogP contribution in [0.25, 0.3) is 0 Å². The van der Waals surface area contributed by atoms with Crippen LogP contribution >= 0.6 is 0 Å². The molecule has 0 saturated carbocycles. The minimum Gasteiger partial charge on any atom is -0.378 e. The van der Waals surface area contributed by atoms with Crippen molar-refractivity contribution in [1.82, 2.24) is 4.90 Å². The van der Waals surface area contributed by atoms with Gasteiger partial charge in [0.15, 0.2) is 0 Å². The van der Waals surface area contributed by atoms with Crippen molar-refractivity contribution >= 4 is 16.7 Å². The molecule has 1 amide bonds. The number of nitrogens with zero attached hydrogens (tertiary/aromatic N) is 1. The van der Waals surface area contributed by atoms with Crippen molar-refractivity contribution in [2.75, 3.05) is 32.8 Å². The van der Waals surface area contributed by atoms with Crippen LogP contribution in [0.1, 0.15) is 20.3 Å². The maximum Gasteiger partial charge on any atom is 0.238 e. The van der Waals surface area contributed by atoms with Crippen molar-refractivity contribution in [1.29, 1.82) is 0 Å². The van der Waals surface area contributed by atoms with Gasteiger partial charge in [-0.25, -0.2) is 0 Å². The highest BCUT2D eigenvalue weighted by atomic mass is 32.2. The Kier molecular flexibility index (Phi) is 6.08. The fraction of sp³-hybridized carbons (Fsp3) is 0.909. The van der Waals surface area contributed by atoms with E-state index in [9.17, 15) is 9.00 Å². The van der Waals surface area contributed by atoms with Crippen LogP contribution in [0, 0.1) is 0 Å². The number of rotatable bonds is 5. The average Bonchev–Trinajstić information content (AvgIpc) is 2.37. The molecule has 0 aliphatic carbocycles. The molecule has 1 heterocycles. The predicted octanol–water partition coefficient (Wildman–Crippen LogP) is -0.280. The fourth-order valence-corrected chi connectivity index (χ4v) is 3.25. The number of morpholine rings is 1. The number of hydrogen-bond acceptors (Lipinski definition) is 4. The van der Waals surface area contributed by atoms with E-state index in [1.165, 1.54) is 0 Å². The lowest BCUT2D eigenvalue weighted by molar-refractivity contribution is -0.134. The zero-order valence-corrected chi connectivity index (χ0v) is 11.4. The Morgan fingerprint density at radius 3 is 2.53 bits per heavy atom. The summed E-state index contributed by atoms with van der Waals surface area (Å²) in [6.45, 7) is 6.47. The third kappa shape index (κ3) is 4.04. The van der Waals surface area contributed by atoms with E-state index in [1.807, 2.05) is 6.92 Å². The van der Waals surface area contributed by atoms with Crippen LogP contribution in [0.2, 0.25) is 0 Å². The Hall–Kier alpha value is -0.460. The van der Waals surface area contributed by atoms with Gasteiger partial charge in [-0.3, -0.25) is 9.00 Å². The molecule has 6 heteroatoms. The van der Waals surface area contributed by atoms with Crippen molar-refractivity contribution in [3.8, 4) is 0 Å². The van der Waals surface area contributed by atoms with Crippen LogP contribution in [0.4, 0.5) is 0 Å². The van der Waals surface area contributed by atoms with Gasteiger partial charge in [-0.05, 0) is 19.9 Å². The van der Waals surface area contributed by atoms with Gasteiger partial charge in [0.2, 0.25) is 5.91 Å². The molecule has 1 aliphatic rings. The number of amides is 1. The van der Waals surface area contributed by atoms with Crippen LogP contribution in [0.5, 0.6) is 0 Å². The van der Waals surface area contributed by atoms with Crippen LogP contribution < -0.4 is 5.73 Å². The molecule has 1 saturated heterocycles. The SMILES string of the molecule is CC(CCN)S(=O)C(C)C(=O)N1CCOCC1. The second-order valence-electron chi connectivity index (χ2n) is 4.30. The van der Waals surface area contributed by atoms with Gasteiger partial charge in [0.05, 0.1) is 13.2 Å². The highest BCUT2D eigenvalue weighted by molar-refractivity contribution is 7.87. The molecule has 1 fully saturated rings. The molecule has 5 nitrogen and oxygen atoms in total. The lowest BCUT2D eigenvalue weighted by Crippen LogP contribution is -2.47. The summed E-state index contributed by atoms with van der Waals surface area (Å²) in [5.41, 5.74) is 5.44. The first-order chi connectivity index (χ1) is 8.07. The van der Waals surface area contributed by atoms with Crippen molar-refractivity contribution < 1.29 is 13.7 Å². The quantitative estimate of drug-likeness (QED) is 0.739. The van der Waals surface area contributed by atoms with Crippen LogP contribution in [-0.4, -0.2) is 58.4 Å². The Balaban J connectivity index is 2.52. The van der Waals surface area contributed by atoms with Gasteiger partial charge in [0.25, 0.3) is 0 Å². The molecule has 0 radical (unpaired) electrons. The summed E-state index contributed by atoms with van der Waals surface area (Å²) < 4.78 is 17.3. The van der Waals surface area contributed by atoms with Gasteiger partial charge in [0, 0.05) is 29.1 Å². The van der Waals surface area contributed by atoms with Gasteiger partial charge >= 0.3 is 0 Å². The van der Waals surface area contributed by atoms with E-state index in [-0.39, 0.29) is 11.2 Å². The maximum atomic E-state index is 12.1. The summed E-state index contributed by atoms with van der Waals surface area (Å²) in [7, 11) is -1.15. The van der Waals surface area contributed by atoms with Crippen molar-refractivity contribution in [2.45, 2.75) is 30.8 Å². The molecule has 0 aromatic carbocycles. The predicted molar refractivity (Wildman–Crippen MR) is 68.1 cm³/mol. The summed E-state index contributed by atoms with van der Waals surface area (Å²) in [5, 5.41) is -0.477. The lowest BCUT2D eigenvalue weighted by Gasteiger charge is -2.29. The Morgan fingerprint density at radius 1 is 1.41 bits per heavy atom. The molecular formula is C11H22N2O3S. The smallest absolute Gasteiger partial charge is 0.238 e. The molecule has 3 atom stereocenters. The number of hydrogen-bond donors (Lipinski definition) is 1. The molecular weight excluding hydrogens is 240 g/mol. The highest BCUT2D eigenvalue weighted by Crippen LogP contribution is 2.11. The highest BCUT2D eigenvalue weighted by Gasteiger charge is 2.28. The van der Waals surface area contributed by atoms with Crippen molar-refractivity contribution in [2.24, 2.45) is 5.73 Å². The standard InChI is InChI=1S/C11H22N2O3S/c1-9(3-4-12)17(15)10(2)11(14)13-5-7-16-8-6-13/h9-10H,3-8,12H2,1-2H3. The number of carbonyl (C=O) groups is 1. The molecule has 0 spiro atoms. The van der Waals surface area contributed by atoms with E-state index in [0.717, 1.165) is 0 Å². The topological polar surface area (TPSA) is 72.6 Å². The molecule has 0 aromatic heterocycles. The maximum absolute atomic E-state index is 12.1. The monoisotopic (exact) mass is 262 g/mol. The summed E-state index contributed by atoms with van der Waals surface area (Å²) >= 11 is 0. The summed E-state index contributed by atoms with van der Waals surface area (Å²) in [5.74, 6) is -0.0319. The molecule has 0 bridgehead atoms. The van der Waals surface area contributed by atoms with E-state index in [2.05, 4.69) is 0 Å². The second-order valence-corrected chi connectivity index (χ2v) is 6.47. The first-order valence-electron chi connectivity index (χ1n) is 6.04. The van der Waals surface area contributed by atoms with Crippen molar-refractivity contribution in [3.63, 3.8) is 0 Å². The molecule has 3 unspecified atom stereocenters. The zero-order valence-electron chi connectivity index (χ0n) is 10.6. The Morgan fingerprint density at radius 2 is 2.00 bits per heavy atom. The molecule has 1 rings (SSSR count). The normalized spacial score (nSPS) is 21.9. The van der Waals surface area contributed by atoms with Gasteiger partial charge in [-0.1, -0.05) is 6.92 Å². The number of ether oxygens (including phenoxy) is 1. The minimum absolute atomic E-state index is 0.0278. The summed E-state index contributed by atoms with van der Waals surface area (Å²) in [4.78, 5) is 13.8. The van der Waals surface area contributed by atoms with Crippen LogP contribution in [0.15, 0.2) is 0 Å². The van der Waals surface area contributed by atoms with Crippen LogP contribution in [0.3, 0.4) is 0 Å². The second kappa shape index (κ2) is 7.08. The first-order valence-corrected chi connectivity index (χ1v) is 7.31. The van der Waals surface area contributed by atoms with E-state index < -0.39 is 16.0 Å². The third-order valence-corrected chi connectivity index (χ3v) is 4.92. The fourth-order valence-electron chi connectivity index (χ4n) is 1.84. The largest absolute Gasteiger partial charge is 0.378 e. The Bertz CT molecular complexity index is 280. The third-order valence-electron chi connectivity index (χ3n) is 2.99. The summed E-state index contributed by atoms with van der Waals surface area (Å²) in [6, 6.07) is 0. The molecule has 2 N–H and O–H groups in total. The molecule has 100 valence electrons.